The van der Waals surface area contributed by atoms with E-state index in [2.05, 4.69) is 9.55 Å². The molecule has 1 N–H and O–H groups in total. The van der Waals surface area contributed by atoms with Crippen molar-refractivity contribution in [3.05, 3.63) is 28.9 Å². The number of hydrogen-bond donors (Lipinski definition) is 1. The van der Waals surface area contributed by atoms with E-state index in [1.165, 1.54) is 5.69 Å². The summed E-state index contributed by atoms with van der Waals surface area (Å²) in [4.78, 5) is 16.9. The molecule has 0 saturated heterocycles. The molecule has 0 fully saturated rings. The predicted octanol–water partition coefficient (Wildman–Crippen LogP) is 2.57. The lowest BCUT2D eigenvalue weighted by molar-refractivity contribution is -0.142. The molecular weight excluding hydrogens is 248 g/mol. The van der Waals surface area contributed by atoms with Crippen LogP contribution < -0.4 is 0 Å². The Morgan fingerprint density at radius 1 is 1.61 bits per heavy atom. The topological polar surface area (TPSA) is 55.1 Å². The highest BCUT2D eigenvalue weighted by molar-refractivity contribution is 7.13. The quantitative estimate of drug-likeness (QED) is 0.905. The number of aryl methyl sites for hydroxylation is 1. The number of aromatic nitrogens is 2. The number of imidazole rings is 1. The lowest BCUT2D eigenvalue weighted by Gasteiger charge is -2.22. The van der Waals surface area contributed by atoms with E-state index in [1.807, 2.05) is 24.4 Å². The van der Waals surface area contributed by atoms with Gasteiger partial charge in [-0.05, 0) is 31.2 Å². The van der Waals surface area contributed by atoms with E-state index in [1.54, 1.807) is 11.3 Å². The molecular formula is C13H14N2O2S. The van der Waals surface area contributed by atoms with Gasteiger partial charge in [0.05, 0.1) is 16.5 Å². The molecule has 2 aromatic rings. The second-order valence-corrected chi connectivity index (χ2v) is 5.58. The third kappa shape index (κ3) is 1.75. The lowest BCUT2D eigenvalue weighted by Crippen LogP contribution is -2.26. The molecule has 0 spiro atoms. The van der Waals surface area contributed by atoms with Gasteiger partial charge in [0.2, 0.25) is 0 Å². The van der Waals surface area contributed by atoms with E-state index in [9.17, 15) is 4.79 Å². The van der Waals surface area contributed by atoms with E-state index < -0.39 is 5.97 Å². The van der Waals surface area contributed by atoms with Crippen molar-refractivity contribution in [1.82, 2.24) is 9.55 Å². The van der Waals surface area contributed by atoms with Gasteiger partial charge in [-0.2, -0.15) is 0 Å². The normalized spacial score (nSPS) is 18.6. The Hall–Kier alpha value is -1.62. The standard InChI is InChI=1S/C13H14N2O2S/c1-8-10-5-4-9(13(16)17)7-15(10)12(14-8)11-3-2-6-18-11/h2-3,6,9H,4-5,7H2,1H3,(H,16,17). The molecule has 0 bridgehead atoms. The number of fused-ring (bicyclic) bond motifs is 1. The third-order valence-corrected chi connectivity index (χ3v) is 4.36. The Labute approximate surface area is 109 Å². The molecule has 1 unspecified atom stereocenters. The monoisotopic (exact) mass is 262 g/mol. The van der Waals surface area contributed by atoms with Crippen LogP contribution in [0.25, 0.3) is 10.7 Å². The zero-order valence-corrected chi connectivity index (χ0v) is 10.9. The van der Waals surface area contributed by atoms with Gasteiger partial charge in [-0.3, -0.25) is 4.79 Å². The van der Waals surface area contributed by atoms with Gasteiger partial charge in [-0.1, -0.05) is 6.07 Å². The maximum Gasteiger partial charge on any atom is 0.308 e. The summed E-state index contributed by atoms with van der Waals surface area (Å²) in [5, 5.41) is 11.2. The van der Waals surface area contributed by atoms with Crippen LogP contribution in [0.4, 0.5) is 0 Å². The number of hydrogen-bond acceptors (Lipinski definition) is 3. The molecule has 0 aromatic carbocycles. The van der Waals surface area contributed by atoms with Crippen LogP contribution >= 0.6 is 11.3 Å². The summed E-state index contributed by atoms with van der Waals surface area (Å²) in [6, 6.07) is 4.03. The van der Waals surface area contributed by atoms with Crippen molar-refractivity contribution in [1.29, 1.82) is 0 Å². The Balaban J connectivity index is 2.06. The van der Waals surface area contributed by atoms with Crippen molar-refractivity contribution in [2.45, 2.75) is 26.3 Å². The summed E-state index contributed by atoms with van der Waals surface area (Å²) < 4.78 is 2.09. The van der Waals surface area contributed by atoms with Gasteiger partial charge in [0.1, 0.15) is 0 Å². The van der Waals surface area contributed by atoms with Crippen molar-refractivity contribution in [2.24, 2.45) is 5.92 Å². The molecule has 0 saturated carbocycles. The van der Waals surface area contributed by atoms with Gasteiger partial charge in [0.15, 0.2) is 5.82 Å². The number of carbonyl (C=O) groups is 1. The molecule has 3 rings (SSSR count). The number of carboxylic acids is 1. The van der Waals surface area contributed by atoms with Crippen molar-refractivity contribution in [3.8, 4) is 10.7 Å². The lowest BCUT2D eigenvalue weighted by atomic mass is 9.97. The zero-order chi connectivity index (χ0) is 12.7. The minimum atomic E-state index is -0.705. The Morgan fingerprint density at radius 3 is 3.11 bits per heavy atom. The molecule has 0 aliphatic carbocycles. The van der Waals surface area contributed by atoms with Crippen LogP contribution in [0.3, 0.4) is 0 Å². The van der Waals surface area contributed by atoms with E-state index in [0.717, 1.165) is 22.8 Å². The van der Waals surface area contributed by atoms with Crippen LogP contribution in [-0.4, -0.2) is 20.6 Å². The van der Waals surface area contributed by atoms with Crippen molar-refractivity contribution >= 4 is 17.3 Å². The average Bonchev–Trinajstić information content (AvgIpc) is 2.97. The van der Waals surface area contributed by atoms with Gasteiger partial charge >= 0.3 is 5.97 Å². The van der Waals surface area contributed by atoms with E-state index in [0.29, 0.717) is 13.0 Å². The fourth-order valence-electron chi connectivity index (χ4n) is 2.54. The van der Waals surface area contributed by atoms with Gasteiger partial charge in [0.25, 0.3) is 0 Å². The van der Waals surface area contributed by atoms with Crippen LogP contribution in [0, 0.1) is 12.8 Å². The molecule has 3 heterocycles. The summed E-state index contributed by atoms with van der Waals surface area (Å²) in [5.41, 5.74) is 2.22. The van der Waals surface area contributed by atoms with Crippen LogP contribution in [-0.2, 0) is 17.8 Å². The van der Waals surface area contributed by atoms with Crippen LogP contribution in [0.15, 0.2) is 17.5 Å². The fraction of sp³-hybridized carbons (Fsp3) is 0.385. The van der Waals surface area contributed by atoms with E-state index in [-0.39, 0.29) is 5.92 Å². The highest BCUT2D eigenvalue weighted by Crippen LogP contribution is 2.31. The Kier molecular flexibility index (Phi) is 2.70. The summed E-state index contributed by atoms with van der Waals surface area (Å²) in [6.07, 6.45) is 1.52. The van der Waals surface area contributed by atoms with Crippen LogP contribution in [0.2, 0.25) is 0 Å². The molecule has 1 aliphatic heterocycles. The molecule has 94 valence electrons. The maximum absolute atomic E-state index is 11.1. The zero-order valence-electron chi connectivity index (χ0n) is 10.1. The van der Waals surface area contributed by atoms with Gasteiger partial charge in [-0.25, -0.2) is 4.98 Å². The molecule has 2 aromatic heterocycles. The smallest absolute Gasteiger partial charge is 0.308 e. The van der Waals surface area contributed by atoms with Crippen molar-refractivity contribution in [2.75, 3.05) is 0 Å². The molecule has 0 amide bonds. The van der Waals surface area contributed by atoms with E-state index in [4.69, 9.17) is 5.11 Å². The Bertz CT molecular complexity index is 586. The first-order valence-corrected chi connectivity index (χ1v) is 6.87. The highest BCUT2D eigenvalue weighted by Gasteiger charge is 2.28. The first kappa shape index (κ1) is 11.5. The minimum absolute atomic E-state index is 0.287. The summed E-state index contributed by atoms with van der Waals surface area (Å²) in [7, 11) is 0. The summed E-state index contributed by atoms with van der Waals surface area (Å²) >= 11 is 1.64. The van der Waals surface area contributed by atoms with Crippen LogP contribution in [0.5, 0.6) is 0 Å². The predicted molar refractivity (Wildman–Crippen MR) is 69.7 cm³/mol. The second kappa shape index (κ2) is 4.24. The van der Waals surface area contributed by atoms with Crippen molar-refractivity contribution in [3.63, 3.8) is 0 Å². The van der Waals surface area contributed by atoms with Crippen molar-refractivity contribution < 1.29 is 9.90 Å². The number of thiophene rings is 1. The summed E-state index contributed by atoms with van der Waals surface area (Å²) in [5.74, 6) is -0.0719. The average molecular weight is 262 g/mol. The van der Waals surface area contributed by atoms with Crippen LogP contribution in [0.1, 0.15) is 17.8 Å². The molecule has 1 aliphatic rings. The number of carboxylic acid groups (broad SMARTS) is 1. The molecule has 0 radical (unpaired) electrons. The SMILES string of the molecule is Cc1nc(-c2cccs2)n2c1CCC(C(=O)O)C2. The summed E-state index contributed by atoms with van der Waals surface area (Å²) in [6.45, 7) is 2.54. The number of nitrogens with zero attached hydrogens (tertiary/aromatic N) is 2. The van der Waals surface area contributed by atoms with E-state index >= 15 is 0 Å². The first-order valence-electron chi connectivity index (χ1n) is 5.99. The molecule has 1 atom stereocenters. The fourth-order valence-corrected chi connectivity index (χ4v) is 3.26. The first-order chi connectivity index (χ1) is 8.66. The van der Waals surface area contributed by atoms with Gasteiger partial charge in [0, 0.05) is 12.2 Å². The number of aliphatic carboxylic acids is 1. The second-order valence-electron chi connectivity index (χ2n) is 4.63. The van der Waals surface area contributed by atoms with Gasteiger partial charge in [-0.15, -0.1) is 11.3 Å². The third-order valence-electron chi connectivity index (χ3n) is 3.50. The molecule has 5 heteroatoms. The number of rotatable bonds is 2. The Morgan fingerprint density at radius 2 is 2.44 bits per heavy atom. The maximum atomic E-state index is 11.1. The largest absolute Gasteiger partial charge is 0.481 e. The van der Waals surface area contributed by atoms with Gasteiger partial charge < -0.3 is 9.67 Å². The minimum Gasteiger partial charge on any atom is -0.481 e. The highest BCUT2D eigenvalue weighted by atomic mass is 32.1. The molecule has 18 heavy (non-hydrogen) atoms. The molecule has 4 nitrogen and oxygen atoms in total.